The lowest BCUT2D eigenvalue weighted by molar-refractivity contribution is -0.253. The summed E-state index contributed by atoms with van der Waals surface area (Å²) >= 11 is 0. The van der Waals surface area contributed by atoms with Crippen LogP contribution in [0.15, 0.2) is 126 Å². The summed E-state index contributed by atoms with van der Waals surface area (Å²) in [5, 5.41) is 15.6. The third-order valence-corrected chi connectivity index (χ3v) is 12.3. The summed E-state index contributed by atoms with van der Waals surface area (Å²) in [6.07, 6.45) is 5.78. The molecular formula is C51H58N6O6. The van der Waals surface area contributed by atoms with Crippen LogP contribution in [0.5, 0.6) is 0 Å². The van der Waals surface area contributed by atoms with E-state index in [-0.39, 0.29) is 42.4 Å². The topological polar surface area (TPSA) is 164 Å². The summed E-state index contributed by atoms with van der Waals surface area (Å²) in [5.41, 5.74) is 14.8. The molecule has 2 amide bonds. The molecule has 0 spiro atoms. The van der Waals surface area contributed by atoms with Gasteiger partial charge in [0.25, 0.3) is 0 Å². The number of hydrogen-bond acceptors (Lipinski definition) is 8. The number of anilines is 2. The Hall–Kier alpha value is -6.05. The molecule has 3 atom stereocenters. The summed E-state index contributed by atoms with van der Waals surface area (Å²) in [7, 11) is 0. The Bertz CT molecular complexity index is 2510. The molecular weight excluding hydrogens is 793 g/mol. The molecule has 63 heavy (non-hydrogen) atoms. The van der Waals surface area contributed by atoms with Crippen LogP contribution in [0.4, 0.5) is 11.4 Å². The molecule has 6 aromatic rings. The summed E-state index contributed by atoms with van der Waals surface area (Å²) in [6.45, 7) is 2.92. The minimum absolute atomic E-state index is 0.0110. The summed E-state index contributed by atoms with van der Waals surface area (Å²) in [5.74, 6) is -0.0365. The number of nitrogens with zero attached hydrogens (tertiary/aromatic N) is 2. The predicted octanol–water partition coefficient (Wildman–Crippen LogP) is 8.55. The highest BCUT2D eigenvalue weighted by Gasteiger charge is 2.34. The van der Waals surface area contributed by atoms with E-state index in [9.17, 15) is 19.5 Å². The zero-order chi connectivity index (χ0) is 43.5. The number of carbonyl (C=O) groups excluding carboxylic acids is 2. The Morgan fingerprint density at radius 3 is 2.22 bits per heavy atom. The number of piperidine rings is 1. The smallest absolute Gasteiger partial charge is 0.326 e. The maximum Gasteiger partial charge on any atom is 0.326 e. The Morgan fingerprint density at radius 1 is 0.746 bits per heavy atom. The molecule has 12 nitrogen and oxygen atoms in total. The molecule has 3 unspecified atom stereocenters. The first-order chi connectivity index (χ1) is 30.8. The van der Waals surface area contributed by atoms with E-state index in [1.165, 1.54) is 0 Å². The number of likely N-dealkylation sites (tertiary alicyclic amines) is 1. The van der Waals surface area contributed by atoms with Crippen molar-refractivity contribution in [3.05, 3.63) is 154 Å². The maximum absolute atomic E-state index is 12.9. The van der Waals surface area contributed by atoms with Gasteiger partial charge >= 0.3 is 5.69 Å². The highest BCUT2D eigenvalue weighted by Crippen LogP contribution is 2.39. The van der Waals surface area contributed by atoms with Crippen molar-refractivity contribution in [1.82, 2.24) is 19.8 Å². The van der Waals surface area contributed by atoms with Gasteiger partial charge < -0.3 is 40.8 Å². The van der Waals surface area contributed by atoms with Crippen LogP contribution >= 0.6 is 0 Å². The van der Waals surface area contributed by atoms with Crippen LogP contribution in [0.1, 0.15) is 98.5 Å². The first-order valence-corrected chi connectivity index (χ1v) is 22.3. The molecule has 1 aromatic heterocycles. The number of aromatic amines is 1. The van der Waals surface area contributed by atoms with Crippen LogP contribution in [-0.2, 0) is 32.2 Å². The number of unbranched alkanes of at least 4 members (excludes halogenated alkanes) is 3. The Morgan fingerprint density at radius 2 is 1.46 bits per heavy atom. The molecule has 8 rings (SSSR count). The number of rotatable bonds is 17. The molecule has 6 N–H and O–H groups in total. The molecule has 2 aliphatic heterocycles. The van der Waals surface area contributed by atoms with E-state index in [1.807, 2.05) is 77.4 Å². The summed E-state index contributed by atoms with van der Waals surface area (Å²) in [4.78, 5) is 43.3. The van der Waals surface area contributed by atoms with Gasteiger partial charge in [-0.2, -0.15) is 0 Å². The fourth-order valence-electron chi connectivity index (χ4n) is 8.85. The van der Waals surface area contributed by atoms with E-state index < -0.39 is 6.29 Å². The van der Waals surface area contributed by atoms with Crippen molar-refractivity contribution in [2.45, 2.75) is 95.5 Å². The van der Waals surface area contributed by atoms with Crippen molar-refractivity contribution in [1.29, 1.82) is 0 Å². The second-order valence-electron chi connectivity index (χ2n) is 16.8. The number of nitrogen functional groups attached to an aromatic ring is 1. The molecule has 328 valence electrons. The monoisotopic (exact) mass is 850 g/mol. The minimum Gasteiger partial charge on any atom is -0.397 e. The van der Waals surface area contributed by atoms with Crippen molar-refractivity contribution in [3.8, 4) is 11.1 Å². The summed E-state index contributed by atoms with van der Waals surface area (Å²) in [6, 6.07) is 39.8. The SMILES string of the molecule is Nc1ccccc1NC(=O)CCCCCCC(=O)NCc1cccc(-c2ccc(C3OC(CN4CCC(n5c(=O)[nH]c6ccccc65)CC4)CC(c4ccc(CO)cc4)O3)cc2)c1. The van der Waals surface area contributed by atoms with Crippen LogP contribution in [0.3, 0.4) is 0 Å². The lowest BCUT2D eigenvalue weighted by Crippen LogP contribution is -2.43. The van der Waals surface area contributed by atoms with Crippen molar-refractivity contribution < 1.29 is 24.2 Å². The predicted molar refractivity (Wildman–Crippen MR) is 247 cm³/mol. The Kier molecular flexibility index (Phi) is 14.4. The van der Waals surface area contributed by atoms with Crippen LogP contribution in [0, 0.1) is 0 Å². The van der Waals surface area contributed by atoms with Gasteiger partial charge in [0.15, 0.2) is 6.29 Å². The van der Waals surface area contributed by atoms with Crippen molar-refractivity contribution >= 4 is 34.2 Å². The molecule has 2 saturated heterocycles. The number of fused-ring (bicyclic) bond motifs is 1. The number of nitrogens with one attached hydrogen (secondary N) is 3. The largest absolute Gasteiger partial charge is 0.397 e. The lowest BCUT2D eigenvalue weighted by Gasteiger charge is -2.40. The van der Waals surface area contributed by atoms with E-state index in [4.69, 9.17) is 15.2 Å². The van der Waals surface area contributed by atoms with Crippen molar-refractivity contribution in [2.75, 3.05) is 30.7 Å². The van der Waals surface area contributed by atoms with Gasteiger partial charge in [0, 0.05) is 57.0 Å². The van der Waals surface area contributed by atoms with Gasteiger partial charge in [-0.25, -0.2) is 4.79 Å². The van der Waals surface area contributed by atoms with Gasteiger partial charge in [0.2, 0.25) is 11.8 Å². The molecule has 0 bridgehead atoms. The zero-order valence-corrected chi connectivity index (χ0v) is 35.7. The number of benzene rings is 5. The first kappa shape index (κ1) is 43.6. The normalized spacial score (nSPS) is 18.3. The number of carbonyl (C=O) groups is 2. The molecule has 12 heteroatoms. The van der Waals surface area contributed by atoms with E-state index >= 15 is 0 Å². The van der Waals surface area contributed by atoms with E-state index in [2.05, 4.69) is 56.9 Å². The number of nitrogens with two attached hydrogens (primary N) is 1. The quantitative estimate of drug-likeness (QED) is 0.0450. The Labute approximate surface area is 368 Å². The van der Waals surface area contributed by atoms with E-state index in [0.717, 1.165) is 103 Å². The van der Waals surface area contributed by atoms with Crippen LogP contribution in [-0.4, -0.2) is 57.1 Å². The lowest BCUT2D eigenvalue weighted by atomic mass is 9.98. The minimum atomic E-state index is -0.566. The zero-order valence-electron chi connectivity index (χ0n) is 35.7. The number of hydrogen-bond donors (Lipinski definition) is 5. The van der Waals surface area contributed by atoms with E-state index in [0.29, 0.717) is 37.2 Å². The van der Waals surface area contributed by atoms with Crippen LogP contribution in [0.25, 0.3) is 22.2 Å². The summed E-state index contributed by atoms with van der Waals surface area (Å²) < 4.78 is 15.3. The molecule has 2 aliphatic rings. The van der Waals surface area contributed by atoms with Crippen molar-refractivity contribution in [3.63, 3.8) is 0 Å². The highest BCUT2D eigenvalue weighted by molar-refractivity contribution is 5.93. The van der Waals surface area contributed by atoms with Gasteiger partial charge in [-0.3, -0.25) is 14.2 Å². The second kappa shape index (κ2) is 20.9. The van der Waals surface area contributed by atoms with Gasteiger partial charge in [-0.15, -0.1) is 0 Å². The third-order valence-electron chi connectivity index (χ3n) is 12.3. The molecule has 0 aliphatic carbocycles. The number of amides is 2. The second-order valence-corrected chi connectivity index (χ2v) is 16.8. The average Bonchev–Trinajstić information content (AvgIpc) is 3.66. The standard InChI is InChI=1S/C51H58N6O6/c52-43-12-5-6-13-44(43)54-49(60)17-4-2-1-3-16-48(59)53-32-36-10-9-11-40(30-36)37-22-24-39(25-23-37)50-62-42(31-47(63-50)38-20-18-35(34-58)19-21-38)33-56-28-26-41(27-29-56)57-46-15-8-7-14-45(46)55-51(57)61/h5-15,18-25,30,41-42,47,50,58H,1-4,16-17,26-29,31-34,52H2,(H,53,59)(H,54,60)(H,55,61). The number of aliphatic hydroxyl groups is 1. The number of imidazole rings is 1. The third kappa shape index (κ3) is 11.3. The Balaban J connectivity index is 0.830. The van der Waals surface area contributed by atoms with Gasteiger partial charge in [0.1, 0.15) is 0 Å². The molecule has 2 fully saturated rings. The molecule has 5 aromatic carbocycles. The maximum atomic E-state index is 12.9. The van der Waals surface area contributed by atoms with Crippen LogP contribution < -0.4 is 22.1 Å². The first-order valence-electron chi connectivity index (χ1n) is 22.3. The fourth-order valence-corrected chi connectivity index (χ4v) is 8.85. The number of ether oxygens (including phenoxy) is 2. The van der Waals surface area contributed by atoms with E-state index in [1.54, 1.807) is 12.1 Å². The molecule has 3 heterocycles. The number of para-hydroxylation sites is 4. The van der Waals surface area contributed by atoms with Crippen molar-refractivity contribution in [2.24, 2.45) is 0 Å². The number of aromatic nitrogens is 2. The highest BCUT2D eigenvalue weighted by atomic mass is 16.7. The number of H-pyrrole nitrogens is 1. The average molecular weight is 851 g/mol. The van der Waals surface area contributed by atoms with Gasteiger partial charge in [0.05, 0.1) is 41.2 Å². The van der Waals surface area contributed by atoms with Crippen LogP contribution in [0.2, 0.25) is 0 Å². The van der Waals surface area contributed by atoms with Gasteiger partial charge in [-0.05, 0) is 83.8 Å². The number of aliphatic hydroxyl groups excluding tert-OH is 1. The molecule has 0 saturated carbocycles. The fraction of sp³-hybridized carbons (Fsp3) is 0.353. The van der Waals surface area contributed by atoms with Gasteiger partial charge in [-0.1, -0.05) is 104 Å². The molecule has 0 radical (unpaired) electrons.